The number of nitrogens with zero attached hydrogens (tertiary/aromatic N) is 1. The Bertz CT molecular complexity index is 795. The second-order valence-electron chi connectivity index (χ2n) is 6.88. The first kappa shape index (κ1) is 18.9. The summed E-state index contributed by atoms with van der Waals surface area (Å²) in [5, 5.41) is 2.85. The Balaban J connectivity index is 1.59. The second kappa shape index (κ2) is 8.20. The van der Waals surface area contributed by atoms with Crippen molar-refractivity contribution in [2.45, 2.75) is 38.5 Å². The largest absolute Gasteiger partial charge is 0.445 e. The third-order valence-electron chi connectivity index (χ3n) is 4.92. The summed E-state index contributed by atoms with van der Waals surface area (Å²) in [6.07, 6.45) is 0.819. The van der Waals surface area contributed by atoms with Crippen molar-refractivity contribution in [2.24, 2.45) is 0 Å². The first-order valence-electron chi connectivity index (χ1n) is 9.00. The molecule has 2 amide bonds. The van der Waals surface area contributed by atoms with Gasteiger partial charge in [0.2, 0.25) is 5.91 Å². The van der Waals surface area contributed by atoms with Crippen LogP contribution in [-0.4, -0.2) is 29.0 Å². The molecule has 0 radical (unpaired) electrons. The molecule has 0 aliphatic carbocycles. The molecular weight excluding hydrogens is 347 g/mol. The number of carbonyl (C=O) groups is 2. The third-order valence-corrected chi connectivity index (χ3v) is 4.92. The van der Waals surface area contributed by atoms with Gasteiger partial charge in [-0.2, -0.15) is 0 Å². The van der Waals surface area contributed by atoms with E-state index in [9.17, 15) is 14.0 Å². The lowest BCUT2D eigenvalue weighted by Gasteiger charge is -2.33. The number of nitrogens with one attached hydrogen (secondary N) is 1. The van der Waals surface area contributed by atoms with E-state index in [4.69, 9.17) is 4.74 Å². The monoisotopic (exact) mass is 370 g/mol. The lowest BCUT2D eigenvalue weighted by molar-refractivity contribution is -0.130. The maximum absolute atomic E-state index is 13.0. The lowest BCUT2D eigenvalue weighted by atomic mass is 9.98. The minimum atomic E-state index is -0.951. The van der Waals surface area contributed by atoms with Crippen LogP contribution in [0.25, 0.3) is 0 Å². The predicted molar refractivity (Wildman–Crippen MR) is 99.2 cm³/mol. The molecule has 1 heterocycles. The van der Waals surface area contributed by atoms with Crippen LogP contribution in [0.15, 0.2) is 54.6 Å². The summed E-state index contributed by atoms with van der Waals surface area (Å²) in [6, 6.07) is 15.4. The minimum absolute atomic E-state index is 0.170. The van der Waals surface area contributed by atoms with Gasteiger partial charge in [0.1, 0.15) is 18.0 Å². The van der Waals surface area contributed by atoms with E-state index >= 15 is 0 Å². The Morgan fingerprint density at radius 2 is 1.81 bits per heavy atom. The molecule has 2 aromatic carbocycles. The van der Waals surface area contributed by atoms with Gasteiger partial charge in [0.05, 0.1) is 0 Å². The van der Waals surface area contributed by atoms with E-state index < -0.39 is 11.6 Å². The van der Waals surface area contributed by atoms with Gasteiger partial charge in [-0.15, -0.1) is 0 Å². The highest BCUT2D eigenvalue weighted by Crippen LogP contribution is 2.30. The fourth-order valence-electron chi connectivity index (χ4n) is 3.26. The van der Waals surface area contributed by atoms with Crippen molar-refractivity contribution in [1.29, 1.82) is 0 Å². The molecule has 3 rings (SSSR count). The van der Waals surface area contributed by atoms with Gasteiger partial charge in [0.25, 0.3) is 0 Å². The topological polar surface area (TPSA) is 58.6 Å². The summed E-state index contributed by atoms with van der Waals surface area (Å²) in [5.41, 5.74) is 0.741. The first-order valence-corrected chi connectivity index (χ1v) is 9.00. The number of halogens is 1. The Morgan fingerprint density at radius 3 is 2.52 bits per heavy atom. The number of ether oxygens (including phenoxy) is 1. The molecule has 1 aliphatic rings. The summed E-state index contributed by atoms with van der Waals surface area (Å²) in [5.74, 6) is -0.554. The Kier molecular flexibility index (Phi) is 5.74. The normalized spacial score (nSPS) is 19.0. The molecule has 142 valence electrons. The fraction of sp³-hybridized carbons (Fsp3) is 0.333. The minimum Gasteiger partial charge on any atom is -0.445 e. The quantitative estimate of drug-likeness (QED) is 0.874. The van der Waals surface area contributed by atoms with Crippen molar-refractivity contribution < 1.29 is 18.7 Å². The van der Waals surface area contributed by atoms with Crippen LogP contribution in [-0.2, 0) is 22.7 Å². The van der Waals surface area contributed by atoms with Crippen LogP contribution in [0.3, 0.4) is 0 Å². The van der Waals surface area contributed by atoms with Gasteiger partial charge in [-0.1, -0.05) is 42.5 Å². The van der Waals surface area contributed by atoms with Crippen LogP contribution in [0.5, 0.6) is 0 Å². The maximum Gasteiger partial charge on any atom is 0.410 e. The lowest BCUT2D eigenvalue weighted by Crippen LogP contribution is -2.55. The third kappa shape index (κ3) is 4.45. The van der Waals surface area contributed by atoms with Crippen LogP contribution in [0.4, 0.5) is 9.18 Å². The second-order valence-corrected chi connectivity index (χ2v) is 6.88. The molecule has 1 N–H and O–H groups in total. The van der Waals surface area contributed by atoms with Gasteiger partial charge in [0, 0.05) is 13.1 Å². The zero-order chi connectivity index (χ0) is 19.3. The van der Waals surface area contributed by atoms with Crippen molar-refractivity contribution in [3.63, 3.8) is 0 Å². The molecule has 0 bridgehead atoms. The zero-order valence-corrected chi connectivity index (χ0v) is 15.3. The number of benzene rings is 2. The molecular formula is C21H23FN2O3. The highest BCUT2D eigenvalue weighted by molar-refractivity contribution is 5.90. The summed E-state index contributed by atoms with van der Waals surface area (Å²) >= 11 is 0. The van der Waals surface area contributed by atoms with E-state index in [1.807, 2.05) is 30.3 Å². The predicted octanol–water partition coefficient (Wildman–Crippen LogP) is 3.63. The summed E-state index contributed by atoms with van der Waals surface area (Å²) < 4.78 is 18.4. The maximum atomic E-state index is 13.0. The SMILES string of the molecule is CC1(C(=O)NCc2ccc(F)cc2)CCCN1C(=O)OCc1ccccc1. The van der Waals surface area contributed by atoms with Crippen molar-refractivity contribution in [2.75, 3.05) is 6.54 Å². The van der Waals surface area contributed by atoms with Crippen LogP contribution >= 0.6 is 0 Å². The molecule has 0 spiro atoms. The zero-order valence-electron chi connectivity index (χ0n) is 15.3. The van der Waals surface area contributed by atoms with Crippen LogP contribution in [0, 0.1) is 5.82 Å². The van der Waals surface area contributed by atoms with Gasteiger partial charge < -0.3 is 10.1 Å². The molecule has 2 aromatic rings. The number of hydrogen-bond donors (Lipinski definition) is 1. The number of hydrogen-bond acceptors (Lipinski definition) is 3. The van der Waals surface area contributed by atoms with Crippen molar-refractivity contribution in [3.8, 4) is 0 Å². The molecule has 1 fully saturated rings. The van der Waals surface area contributed by atoms with E-state index in [2.05, 4.69) is 5.32 Å². The van der Waals surface area contributed by atoms with Crippen LogP contribution in [0.2, 0.25) is 0 Å². The van der Waals surface area contributed by atoms with Gasteiger partial charge in [-0.05, 0) is 43.0 Å². The Morgan fingerprint density at radius 1 is 1.11 bits per heavy atom. The van der Waals surface area contributed by atoms with Crippen LogP contribution in [0.1, 0.15) is 30.9 Å². The average molecular weight is 370 g/mol. The van der Waals surface area contributed by atoms with E-state index in [1.165, 1.54) is 17.0 Å². The molecule has 1 aliphatic heterocycles. The van der Waals surface area contributed by atoms with Crippen molar-refractivity contribution in [1.82, 2.24) is 10.2 Å². The summed E-state index contributed by atoms with van der Waals surface area (Å²) in [6.45, 7) is 2.68. The number of carbonyl (C=O) groups excluding carboxylic acids is 2. The fourth-order valence-corrected chi connectivity index (χ4v) is 3.26. The Labute approximate surface area is 158 Å². The molecule has 1 atom stereocenters. The standard InChI is InChI=1S/C21H23FN2O3/c1-21(19(25)23-14-16-8-10-18(22)11-9-16)12-5-13-24(21)20(26)27-15-17-6-3-2-4-7-17/h2-4,6-11H,5,12-15H2,1H3,(H,23,25). The smallest absolute Gasteiger partial charge is 0.410 e. The molecule has 0 aromatic heterocycles. The molecule has 1 unspecified atom stereocenters. The van der Waals surface area contributed by atoms with Gasteiger partial charge in [-0.3, -0.25) is 9.69 Å². The molecule has 6 heteroatoms. The van der Waals surface area contributed by atoms with E-state index in [0.29, 0.717) is 13.0 Å². The van der Waals surface area contributed by atoms with E-state index in [-0.39, 0.29) is 24.9 Å². The highest BCUT2D eigenvalue weighted by Gasteiger charge is 2.46. The molecule has 5 nitrogen and oxygen atoms in total. The average Bonchev–Trinajstić information content (AvgIpc) is 3.09. The van der Waals surface area contributed by atoms with Crippen LogP contribution < -0.4 is 5.32 Å². The highest BCUT2D eigenvalue weighted by atomic mass is 19.1. The molecule has 0 saturated carbocycles. The molecule has 1 saturated heterocycles. The first-order chi connectivity index (χ1) is 13.0. The van der Waals surface area contributed by atoms with Gasteiger partial charge >= 0.3 is 6.09 Å². The molecule has 27 heavy (non-hydrogen) atoms. The van der Waals surface area contributed by atoms with Crippen molar-refractivity contribution in [3.05, 3.63) is 71.5 Å². The number of rotatable bonds is 5. The van der Waals surface area contributed by atoms with Crippen molar-refractivity contribution >= 4 is 12.0 Å². The number of amides is 2. The van der Waals surface area contributed by atoms with Gasteiger partial charge in [0.15, 0.2) is 0 Å². The van der Waals surface area contributed by atoms with E-state index in [0.717, 1.165) is 17.5 Å². The van der Waals surface area contributed by atoms with E-state index in [1.54, 1.807) is 19.1 Å². The number of likely N-dealkylation sites (tertiary alicyclic amines) is 1. The Hall–Kier alpha value is -2.89. The summed E-state index contributed by atoms with van der Waals surface area (Å²) in [4.78, 5) is 26.8. The summed E-state index contributed by atoms with van der Waals surface area (Å²) in [7, 11) is 0. The van der Waals surface area contributed by atoms with Gasteiger partial charge in [-0.25, -0.2) is 9.18 Å².